The standard InChI is InChI=1S/C64H108O6/c1-4-7-10-13-16-18-20-22-24-25-26-27-28-29-30-31-32-33-34-35-36-37-38-39-41-42-44-46-48-51-54-57-63(66)69-60-61(59-68-62(65)56-53-50-15-12-9-6-3)70-64(67)58-55-52-49-47-45-43-40-23-21-19-17-14-11-8-5-2/h8,11,17,19-20,22-23,25-26,28-29,40,45,47,52,55,61H,4-7,9-10,12-16,18,21,24,27,30-39,41-44,46,48-51,53-54,56-60H2,1-3H3/b11-8-,19-17-,22-20-,26-25-,29-28-,40-23-,47-45-,55-52-. The Balaban J connectivity index is 4.08. The van der Waals surface area contributed by atoms with Gasteiger partial charge in [0, 0.05) is 12.8 Å². The van der Waals surface area contributed by atoms with Crippen LogP contribution in [-0.2, 0) is 28.6 Å². The Morgan fingerprint density at radius 3 is 0.943 bits per heavy atom. The van der Waals surface area contributed by atoms with Crippen molar-refractivity contribution in [3.8, 4) is 0 Å². The molecule has 0 rings (SSSR count). The van der Waals surface area contributed by atoms with Crippen molar-refractivity contribution in [3.63, 3.8) is 0 Å². The van der Waals surface area contributed by atoms with Crippen LogP contribution in [0.2, 0.25) is 0 Å². The molecule has 0 spiro atoms. The topological polar surface area (TPSA) is 78.9 Å². The summed E-state index contributed by atoms with van der Waals surface area (Å²) in [5, 5.41) is 0. The Hall–Kier alpha value is -3.67. The fraction of sp³-hybridized carbons (Fsp3) is 0.703. The van der Waals surface area contributed by atoms with E-state index in [1.165, 1.54) is 148 Å². The monoisotopic (exact) mass is 973 g/mol. The van der Waals surface area contributed by atoms with Crippen LogP contribution in [0.1, 0.15) is 271 Å². The Labute approximate surface area is 432 Å². The van der Waals surface area contributed by atoms with E-state index in [1.807, 2.05) is 6.08 Å². The molecule has 0 radical (unpaired) electrons. The summed E-state index contributed by atoms with van der Waals surface area (Å²) in [6, 6.07) is 0. The number of rotatable bonds is 52. The van der Waals surface area contributed by atoms with Crippen molar-refractivity contribution in [1.29, 1.82) is 0 Å². The van der Waals surface area contributed by atoms with E-state index in [2.05, 4.69) is 106 Å². The maximum absolute atomic E-state index is 12.7. The molecular formula is C64H108O6. The number of unbranched alkanes of at least 4 members (excludes halogenated alkanes) is 26. The van der Waals surface area contributed by atoms with E-state index in [1.54, 1.807) is 6.08 Å². The first-order valence-corrected chi connectivity index (χ1v) is 29.2. The van der Waals surface area contributed by atoms with Gasteiger partial charge in [0.1, 0.15) is 13.2 Å². The summed E-state index contributed by atoms with van der Waals surface area (Å²) in [6.07, 6.45) is 77.7. The fourth-order valence-corrected chi connectivity index (χ4v) is 8.00. The van der Waals surface area contributed by atoms with E-state index in [-0.39, 0.29) is 31.6 Å². The maximum atomic E-state index is 12.7. The van der Waals surface area contributed by atoms with Crippen LogP contribution in [-0.4, -0.2) is 37.2 Å². The second-order valence-electron chi connectivity index (χ2n) is 19.2. The highest BCUT2D eigenvalue weighted by Crippen LogP contribution is 2.16. The zero-order valence-electron chi connectivity index (χ0n) is 45.8. The van der Waals surface area contributed by atoms with Crippen LogP contribution in [0.25, 0.3) is 0 Å². The van der Waals surface area contributed by atoms with Gasteiger partial charge in [0.15, 0.2) is 6.10 Å². The third kappa shape index (κ3) is 55.3. The van der Waals surface area contributed by atoms with Crippen LogP contribution >= 0.6 is 0 Å². The normalized spacial score (nSPS) is 12.8. The molecule has 0 amide bonds. The molecule has 0 aliphatic heterocycles. The predicted octanol–water partition coefficient (Wildman–Crippen LogP) is 19.7. The van der Waals surface area contributed by atoms with E-state index in [4.69, 9.17) is 14.2 Å². The SMILES string of the molecule is CC/C=C\C/C=C\C/C=C\C/C=C\C/C=C\CC(=O)OC(COC(=O)CCCCCCCC)COC(=O)CCCCCCCCCCCCCCCCCC/C=C\C/C=C\C/C=C\CCCCCCC. The zero-order chi connectivity index (χ0) is 50.7. The van der Waals surface area contributed by atoms with Gasteiger partial charge >= 0.3 is 17.9 Å². The van der Waals surface area contributed by atoms with Crippen molar-refractivity contribution < 1.29 is 28.6 Å². The van der Waals surface area contributed by atoms with E-state index >= 15 is 0 Å². The highest BCUT2D eigenvalue weighted by atomic mass is 16.6. The number of ether oxygens (including phenoxy) is 3. The number of esters is 3. The molecule has 0 bridgehead atoms. The third-order valence-electron chi connectivity index (χ3n) is 12.4. The minimum Gasteiger partial charge on any atom is -0.462 e. The van der Waals surface area contributed by atoms with E-state index in [0.717, 1.165) is 83.5 Å². The molecule has 0 saturated carbocycles. The molecule has 70 heavy (non-hydrogen) atoms. The van der Waals surface area contributed by atoms with Gasteiger partial charge in [0.25, 0.3) is 0 Å². The molecule has 6 nitrogen and oxygen atoms in total. The molecule has 0 N–H and O–H groups in total. The summed E-state index contributed by atoms with van der Waals surface area (Å²) in [5.74, 6) is -1.05. The molecule has 0 fully saturated rings. The number of hydrogen-bond acceptors (Lipinski definition) is 6. The second kappa shape index (κ2) is 57.9. The largest absolute Gasteiger partial charge is 0.462 e. The van der Waals surface area contributed by atoms with Gasteiger partial charge in [-0.15, -0.1) is 0 Å². The van der Waals surface area contributed by atoms with Gasteiger partial charge in [-0.05, 0) is 83.5 Å². The van der Waals surface area contributed by atoms with Gasteiger partial charge in [-0.2, -0.15) is 0 Å². The molecule has 0 aromatic heterocycles. The van der Waals surface area contributed by atoms with E-state index < -0.39 is 12.1 Å². The average molecular weight is 974 g/mol. The van der Waals surface area contributed by atoms with Crippen LogP contribution in [0.4, 0.5) is 0 Å². The summed E-state index contributed by atoms with van der Waals surface area (Å²) in [7, 11) is 0. The fourth-order valence-electron chi connectivity index (χ4n) is 8.00. The lowest BCUT2D eigenvalue weighted by Crippen LogP contribution is -2.30. The lowest BCUT2D eigenvalue weighted by molar-refractivity contribution is -0.166. The van der Waals surface area contributed by atoms with Crippen molar-refractivity contribution in [3.05, 3.63) is 97.2 Å². The van der Waals surface area contributed by atoms with Crippen molar-refractivity contribution in [2.24, 2.45) is 0 Å². The molecule has 0 saturated heterocycles. The van der Waals surface area contributed by atoms with E-state index in [9.17, 15) is 14.4 Å². The molecule has 0 heterocycles. The van der Waals surface area contributed by atoms with Crippen molar-refractivity contribution in [2.45, 2.75) is 277 Å². The Morgan fingerprint density at radius 2 is 0.600 bits per heavy atom. The van der Waals surface area contributed by atoms with E-state index in [0.29, 0.717) is 12.8 Å². The number of hydrogen-bond donors (Lipinski definition) is 0. The molecule has 1 atom stereocenters. The maximum Gasteiger partial charge on any atom is 0.310 e. The summed E-state index contributed by atoms with van der Waals surface area (Å²) in [6.45, 7) is 6.37. The summed E-state index contributed by atoms with van der Waals surface area (Å²) >= 11 is 0. The first-order chi connectivity index (χ1) is 34.5. The lowest BCUT2D eigenvalue weighted by Gasteiger charge is -2.18. The molecule has 0 aromatic carbocycles. The van der Waals surface area contributed by atoms with Crippen molar-refractivity contribution in [1.82, 2.24) is 0 Å². The summed E-state index contributed by atoms with van der Waals surface area (Å²) < 4.78 is 16.6. The third-order valence-corrected chi connectivity index (χ3v) is 12.4. The van der Waals surface area contributed by atoms with Gasteiger partial charge in [-0.3, -0.25) is 14.4 Å². The molecule has 1 unspecified atom stereocenters. The van der Waals surface area contributed by atoms with Gasteiger partial charge in [-0.1, -0.05) is 266 Å². The predicted molar refractivity (Wildman–Crippen MR) is 302 cm³/mol. The molecule has 400 valence electrons. The minimum atomic E-state index is -0.828. The van der Waals surface area contributed by atoms with Gasteiger partial charge < -0.3 is 14.2 Å². The smallest absolute Gasteiger partial charge is 0.310 e. The number of allylic oxidation sites excluding steroid dienone is 15. The van der Waals surface area contributed by atoms with Crippen LogP contribution in [0, 0.1) is 0 Å². The number of carbonyl (C=O) groups excluding carboxylic acids is 3. The molecule has 0 aliphatic rings. The summed E-state index contributed by atoms with van der Waals surface area (Å²) in [5.41, 5.74) is 0. The summed E-state index contributed by atoms with van der Waals surface area (Å²) in [4.78, 5) is 37.7. The Morgan fingerprint density at radius 1 is 0.314 bits per heavy atom. The van der Waals surface area contributed by atoms with Gasteiger partial charge in [0.05, 0.1) is 6.42 Å². The quantitative estimate of drug-likeness (QED) is 0.0262. The second-order valence-corrected chi connectivity index (χ2v) is 19.2. The van der Waals surface area contributed by atoms with Gasteiger partial charge in [0.2, 0.25) is 0 Å². The lowest BCUT2D eigenvalue weighted by atomic mass is 10.0. The minimum absolute atomic E-state index is 0.0970. The van der Waals surface area contributed by atoms with Crippen molar-refractivity contribution >= 4 is 17.9 Å². The van der Waals surface area contributed by atoms with Crippen molar-refractivity contribution in [2.75, 3.05) is 13.2 Å². The highest BCUT2D eigenvalue weighted by Gasteiger charge is 2.19. The van der Waals surface area contributed by atoms with Crippen LogP contribution < -0.4 is 0 Å². The first kappa shape index (κ1) is 66.3. The molecule has 0 aromatic rings. The average Bonchev–Trinajstić information content (AvgIpc) is 3.36. The Kier molecular flexibility index (Phi) is 54.9. The molecule has 0 aliphatic carbocycles. The highest BCUT2D eigenvalue weighted by molar-refractivity contribution is 5.72. The zero-order valence-corrected chi connectivity index (χ0v) is 45.8. The van der Waals surface area contributed by atoms with Crippen LogP contribution in [0.5, 0.6) is 0 Å². The number of carbonyl (C=O) groups is 3. The van der Waals surface area contributed by atoms with Crippen LogP contribution in [0.15, 0.2) is 97.2 Å². The van der Waals surface area contributed by atoms with Gasteiger partial charge in [-0.25, -0.2) is 0 Å². The molecule has 6 heteroatoms. The first-order valence-electron chi connectivity index (χ1n) is 29.2. The van der Waals surface area contributed by atoms with Crippen LogP contribution in [0.3, 0.4) is 0 Å². The molecular weight excluding hydrogens is 865 g/mol. The Bertz CT molecular complexity index is 1400.